The summed E-state index contributed by atoms with van der Waals surface area (Å²) in [4.78, 5) is 23.9. The minimum atomic E-state index is -0.941. The number of hydrogen-bond donors (Lipinski definition) is 2. The summed E-state index contributed by atoms with van der Waals surface area (Å²) in [5, 5.41) is 13.1. The van der Waals surface area contributed by atoms with E-state index in [1.165, 1.54) is 11.8 Å². The molecule has 6 heteroatoms. The Bertz CT molecular complexity index is 610. The van der Waals surface area contributed by atoms with Crippen LogP contribution in [0.4, 0.5) is 5.69 Å². The predicted octanol–water partition coefficient (Wildman–Crippen LogP) is 3.57. The van der Waals surface area contributed by atoms with Crippen molar-refractivity contribution in [2.24, 2.45) is 0 Å². The number of rotatable bonds is 5. The third kappa shape index (κ3) is 3.85. The van der Waals surface area contributed by atoms with Crippen LogP contribution in [0.2, 0.25) is 0 Å². The average molecular weight is 307 g/mol. The van der Waals surface area contributed by atoms with Gasteiger partial charge < -0.3 is 10.4 Å². The van der Waals surface area contributed by atoms with Crippen LogP contribution in [0.5, 0.6) is 0 Å². The number of aromatic carboxylic acids is 1. The van der Waals surface area contributed by atoms with E-state index in [1.807, 2.05) is 30.3 Å². The SMILES string of the molecule is CC(Sc1csc(C(=O)O)c1)C(=O)Nc1ccccc1. The van der Waals surface area contributed by atoms with Gasteiger partial charge in [0.25, 0.3) is 0 Å². The number of carboxylic acid groups (broad SMARTS) is 1. The first-order valence-corrected chi connectivity index (χ1v) is 7.66. The topological polar surface area (TPSA) is 66.4 Å². The maximum atomic E-state index is 12.0. The summed E-state index contributed by atoms with van der Waals surface area (Å²) in [5.41, 5.74) is 0.751. The molecule has 0 fully saturated rings. The largest absolute Gasteiger partial charge is 0.477 e. The number of nitrogens with one attached hydrogen (secondary N) is 1. The normalized spacial score (nSPS) is 11.8. The number of carboxylic acids is 1. The molecule has 0 aliphatic carbocycles. The number of thioether (sulfide) groups is 1. The molecule has 0 aliphatic rings. The Morgan fingerprint density at radius 3 is 2.60 bits per heavy atom. The monoisotopic (exact) mass is 307 g/mol. The van der Waals surface area contributed by atoms with E-state index in [-0.39, 0.29) is 16.0 Å². The second-order valence-corrected chi connectivity index (χ2v) is 6.39. The number of thiophene rings is 1. The fraction of sp³-hybridized carbons (Fsp3) is 0.143. The molecule has 1 heterocycles. The lowest BCUT2D eigenvalue weighted by molar-refractivity contribution is -0.115. The lowest BCUT2D eigenvalue weighted by Gasteiger charge is -2.10. The molecule has 1 amide bonds. The maximum absolute atomic E-state index is 12.0. The molecule has 2 aromatic rings. The van der Waals surface area contributed by atoms with Gasteiger partial charge in [-0.15, -0.1) is 23.1 Å². The molecule has 1 atom stereocenters. The lowest BCUT2D eigenvalue weighted by Crippen LogP contribution is -2.22. The zero-order chi connectivity index (χ0) is 14.5. The maximum Gasteiger partial charge on any atom is 0.345 e. The van der Waals surface area contributed by atoms with E-state index >= 15 is 0 Å². The molecular formula is C14H13NO3S2. The number of para-hydroxylation sites is 1. The van der Waals surface area contributed by atoms with Gasteiger partial charge in [-0.1, -0.05) is 18.2 Å². The Hall–Kier alpha value is -1.79. The second kappa shape index (κ2) is 6.58. The van der Waals surface area contributed by atoms with Crippen LogP contribution in [0.1, 0.15) is 16.6 Å². The van der Waals surface area contributed by atoms with Crippen molar-refractivity contribution >= 4 is 40.7 Å². The van der Waals surface area contributed by atoms with E-state index in [1.54, 1.807) is 18.4 Å². The number of carbonyl (C=O) groups excluding carboxylic acids is 1. The van der Waals surface area contributed by atoms with Crippen molar-refractivity contribution in [3.63, 3.8) is 0 Å². The quantitative estimate of drug-likeness (QED) is 0.829. The Labute approximate surface area is 124 Å². The van der Waals surface area contributed by atoms with E-state index in [9.17, 15) is 9.59 Å². The van der Waals surface area contributed by atoms with Crippen LogP contribution < -0.4 is 5.32 Å². The van der Waals surface area contributed by atoms with Gasteiger partial charge in [0.2, 0.25) is 5.91 Å². The van der Waals surface area contributed by atoms with Crippen LogP contribution in [-0.2, 0) is 4.79 Å². The zero-order valence-electron chi connectivity index (χ0n) is 10.7. The van der Waals surface area contributed by atoms with Crippen molar-refractivity contribution in [3.8, 4) is 0 Å². The van der Waals surface area contributed by atoms with Crippen LogP contribution in [0.3, 0.4) is 0 Å². The van der Waals surface area contributed by atoms with E-state index in [0.29, 0.717) is 0 Å². The highest BCUT2D eigenvalue weighted by Gasteiger charge is 2.16. The van der Waals surface area contributed by atoms with Crippen molar-refractivity contribution in [1.29, 1.82) is 0 Å². The minimum Gasteiger partial charge on any atom is -0.477 e. The van der Waals surface area contributed by atoms with Crippen LogP contribution >= 0.6 is 23.1 Å². The average Bonchev–Trinajstić information content (AvgIpc) is 2.88. The van der Waals surface area contributed by atoms with E-state index in [4.69, 9.17) is 5.11 Å². The molecule has 2 N–H and O–H groups in total. The zero-order valence-corrected chi connectivity index (χ0v) is 12.3. The van der Waals surface area contributed by atoms with Gasteiger partial charge in [0.1, 0.15) is 4.88 Å². The highest BCUT2D eigenvalue weighted by molar-refractivity contribution is 8.00. The molecule has 0 bridgehead atoms. The second-order valence-electron chi connectivity index (χ2n) is 4.07. The molecule has 1 aromatic carbocycles. The van der Waals surface area contributed by atoms with Gasteiger partial charge in [0.05, 0.1) is 5.25 Å². The van der Waals surface area contributed by atoms with Gasteiger partial charge in [-0.25, -0.2) is 4.79 Å². The fourth-order valence-corrected chi connectivity index (χ4v) is 3.32. The molecule has 0 saturated heterocycles. The Balaban J connectivity index is 1.95. The van der Waals surface area contributed by atoms with Gasteiger partial charge >= 0.3 is 5.97 Å². The summed E-state index contributed by atoms with van der Waals surface area (Å²) < 4.78 is 0. The summed E-state index contributed by atoms with van der Waals surface area (Å²) in [7, 11) is 0. The summed E-state index contributed by atoms with van der Waals surface area (Å²) in [6, 6.07) is 10.8. The number of amides is 1. The first kappa shape index (κ1) is 14.6. The minimum absolute atomic E-state index is 0.107. The molecule has 0 spiro atoms. The fourth-order valence-electron chi connectivity index (χ4n) is 1.52. The van der Waals surface area contributed by atoms with Crippen molar-refractivity contribution in [3.05, 3.63) is 46.7 Å². The Morgan fingerprint density at radius 2 is 2.00 bits per heavy atom. The number of anilines is 1. The van der Waals surface area contributed by atoms with Crippen molar-refractivity contribution < 1.29 is 14.7 Å². The van der Waals surface area contributed by atoms with Crippen LogP contribution in [0.15, 0.2) is 46.7 Å². The first-order chi connectivity index (χ1) is 9.56. The van der Waals surface area contributed by atoms with Gasteiger partial charge in [0.15, 0.2) is 0 Å². The summed E-state index contributed by atoms with van der Waals surface area (Å²) >= 11 is 2.51. The molecular weight excluding hydrogens is 294 g/mol. The van der Waals surface area contributed by atoms with Crippen LogP contribution in [-0.4, -0.2) is 22.2 Å². The van der Waals surface area contributed by atoms with E-state index < -0.39 is 5.97 Å². The highest BCUT2D eigenvalue weighted by Crippen LogP contribution is 2.28. The molecule has 0 saturated carbocycles. The predicted molar refractivity (Wildman–Crippen MR) is 81.7 cm³/mol. The smallest absolute Gasteiger partial charge is 0.345 e. The molecule has 4 nitrogen and oxygen atoms in total. The Morgan fingerprint density at radius 1 is 1.30 bits per heavy atom. The van der Waals surface area contributed by atoms with Crippen LogP contribution in [0.25, 0.3) is 0 Å². The van der Waals surface area contributed by atoms with E-state index in [0.717, 1.165) is 21.9 Å². The molecule has 0 radical (unpaired) electrons. The van der Waals surface area contributed by atoms with Crippen molar-refractivity contribution in [1.82, 2.24) is 0 Å². The first-order valence-electron chi connectivity index (χ1n) is 5.90. The van der Waals surface area contributed by atoms with Gasteiger partial charge in [0, 0.05) is 16.0 Å². The summed E-state index contributed by atoms with van der Waals surface area (Å²) in [6.45, 7) is 1.79. The summed E-state index contributed by atoms with van der Waals surface area (Å²) in [6.07, 6.45) is 0. The molecule has 0 aliphatic heterocycles. The van der Waals surface area contributed by atoms with Gasteiger partial charge in [-0.3, -0.25) is 4.79 Å². The molecule has 20 heavy (non-hydrogen) atoms. The standard InChI is InChI=1S/C14H13NO3S2/c1-9(13(16)15-10-5-3-2-4-6-10)20-11-7-12(14(17)18)19-8-11/h2-9H,1H3,(H,15,16)(H,17,18). The number of benzene rings is 1. The van der Waals surface area contributed by atoms with Crippen molar-refractivity contribution in [2.75, 3.05) is 5.32 Å². The van der Waals surface area contributed by atoms with Gasteiger partial charge in [-0.2, -0.15) is 0 Å². The molecule has 1 aromatic heterocycles. The summed E-state index contributed by atoms with van der Waals surface area (Å²) in [5.74, 6) is -1.05. The number of carbonyl (C=O) groups is 2. The van der Waals surface area contributed by atoms with Gasteiger partial charge in [-0.05, 0) is 25.1 Å². The van der Waals surface area contributed by atoms with E-state index in [2.05, 4.69) is 5.32 Å². The third-order valence-corrected chi connectivity index (χ3v) is 4.65. The van der Waals surface area contributed by atoms with Crippen molar-refractivity contribution in [2.45, 2.75) is 17.1 Å². The number of hydrogen-bond acceptors (Lipinski definition) is 4. The third-order valence-electron chi connectivity index (χ3n) is 2.51. The molecule has 2 rings (SSSR count). The lowest BCUT2D eigenvalue weighted by atomic mass is 10.3. The van der Waals surface area contributed by atoms with Crippen LogP contribution in [0, 0.1) is 0 Å². The highest BCUT2D eigenvalue weighted by atomic mass is 32.2. The Kier molecular flexibility index (Phi) is 4.81. The molecule has 1 unspecified atom stereocenters. The molecule has 104 valence electrons.